The van der Waals surface area contributed by atoms with Crippen LogP contribution in [0.25, 0.3) is 0 Å². The van der Waals surface area contributed by atoms with Crippen LogP contribution in [0.4, 0.5) is 4.39 Å². The lowest BCUT2D eigenvalue weighted by Crippen LogP contribution is -2.43. The van der Waals surface area contributed by atoms with E-state index >= 15 is 0 Å². The average Bonchev–Trinajstić information content (AvgIpc) is 2.43. The predicted molar refractivity (Wildman–Crippen MR) is 76.7 cm³/mol. The maximum atomic E-state index is 13.4. The number of hydrogen-bond acceptors (Lipinski definition) is 2. The monoisotopic (exact) mass is 319 g/mol. The zero-order chi connectivity index (χ0) is 14.7. The number of hydrogen-bond donors (Lipinski definition) is 2. The van der Waals surface area contributed by atoms with E-state index in [1.165, 1.54) is 6.07 Å². The smallest absolute Gasteiger partial charge is 0.253 e. The van der Waals surface area contributed by atoms with E-state index in [1.807, 2.05) is 0 Å². The van der Waals surface area contributed by atoms with Crippen LogP contribution in [0.5, 0.6) is 0 Å². The third-order valence-corrected chi connectivity index (χ3v) is 4.32. The summed E-state index contributed by atoms with van der Waals surface area (Å²) in [5.74, 6) is -1.07. The molecule has 1 saturated carbocycles. The SMILES string of the molecule is O=C(NC1CCCCC1CO)c1cc(F)c(Cl)cc1Cl. The van der Waals surface area contributed by atoms with E-state index in [0.29, 0.717) is 0 Å². The van der Waals surface area contributed by atoms with E-state index in [-0.39, 0.29) is 34.2 Å². The molecule has 2 rings (SSSR count). The Morgan fingerprint density at radius 1 is 1.30 bits per heavy atom. The molecule has 0 aromatic heterocycles. The Morgan fingerprint density at radius 3 is 2.70 bits per heavy atom. The van der Waals surface area contributed by atoms with Gasteiger partial charge < -0.3 is 10.4 Å². The van der Waals surface area contributed by atoms with Gasteiger partial charge in [0, 0.05) is 18.6 Å². The molecule has 1 amide bonds. The third-order valence-electron chi connectivity index (χ3n) is 3.71. The average molecular weight is 320 g/mol. The van der Waals surface area contributed by atoms with E-state index in [2.05, 4.69) is 5.32 Å². The molecule has 0 spiro atoms. The number of halogens is 3. The lowest BCUT2D eigenvalue weighted by Gasteiger charge is -2.31. The molecule has 6 heteroatoms. The normalized spacial score (nSPS) is 22.6. The van der Waals surface area contributed by atoms with Crippen LogP contribution in [0.15, 0.2) is 12.1 Å². The van der Waals surface area contributed by atoms with Crippen molar-refractivity contribution in [2.75, 3.05) is 6.61 Å². The second-order valence-electron chi connectivity index (χ2n) is 5.05. The number of nitrogens with one attached hydrogen (secondary N) is 1. The highest BCUT2D eigenvalue weighted by molar-refractivity contribution is 6.36. The Bertz CT molecular complexity index is 510. The van der Waals surface area contributed by atoms with E-state index < -0.39 is 11.7 Å². The summed E-state index contributed by atoms with van der Waals surface area (Å²) in [5.41, 5.74) is 0.0656. The zero-order valence-corrected chi connectivity index (χ0v) is 12.3. The lowest BCUT2D eigenvalue weighted by molar-refractivity contribution is 0.0872. The first-order valence-electron chi connectivity index (χ1n) is 6.59. The van der Waals surface area contributed by atoms with Gasteiger partial charge in [0.25, 0.3) is 5.91 Å². The summed E-state index contributed by atoms with van der Waals surface area (Å²) >= 11 is 11.5. The molecular weight excluding hydrogens is 304 g/mol. The molecule has 3 nitrogen and oxygen atoms in total. The summed E-state index contributed by atoms with van der Waals surface area (Å²) in [7, 11) is 0. The van der Waals surface area contributed by atoms with Gasteiger partial charge in [0.2, 0.25) is 0 Å². The molecule has 0 bridgehead atoms. The number of amides is 1. The van der Waals surface area contributed by atoms with Crippen LogP contribution in [0.2, 0.25) is 10.0 Å². The highest BCUT2D eigenvalue weighted by Gasteiger charge is 2.27. The summed E-state index contributed by atoms with van der Waals surface area (Å²) in [6, 6.07) is 2.16. The van der Waals surface area contributed by atoms with E-state index in [4.69, 9.17) is 23.2 Å². The number of aliphatic hydroxyl groups is 1. The van der Waals surface area contributed by atoms with Crippen molar-refractivity contribution < 1.29 is 14.3 Å². The van der Waals surface area contributed by atoms with Crippen LogP contribution >= 0.6 is 23.2 Å². The van der Waals surface area contributed by atoms with Crippen molar-refractivity contribution >= 4 is 29.1 Å². The molecule has 1 fully saturated rings. The summed E-state index contributed by atoms with van der Waals surface area (Å²) in [4.78, 5) is 12.2. The van der Waals surface area contributed by atoms with Crippen molar-refractivity contribution in [3.8, 4) is 0 Å². The molecule has 110 valence electrons. The molecule has 2 N–H and O–H groups in total. The molecule has 1 aromatic carbocycles. The fourth-order valence-corrected chi connectivity index (χ4v) is 3.03. The van der Waals surface area contributed by atoms with Gasteiger partial charge in [-0.25, -0.2) is 4.39 Å². The molecule has 2 atom stereocenters. The number of aliphatic hydroxyl groups excluding tert-OH is 1. The van der Waals surface area contributed by atoms with Gasteiger partial charge >= 0.3 is 0 Å². The van der Waals surface area contributed by atoms with Crippen molar-refractivity contribution in [3.05, 3.63) is 33.6 Å². The second kappa shape index (κ2) is 6.74. The van der Waals surface area contributed by atoms with Gasteiger partial charge in [-0.15, -0.1) is 0 Å². The predicted octanol–water partition coefficient (Wildman–Crippen LogP) is 3.41. The summed E-state index contributed by atoms with van der Waals surface area (Å²) in [6.45, 7) is 0.0354. The Hall–Kier alpha value is -0.840. The molecular formula is C14H16Cl2FNO2. The zero-order valence-electron chi connectivity index (χ0n) is 10.8. The maximum Gasteiger partial charge on any atom is 0.253 e. The fraction of sp³-hybridized carbons (Fsp3) is 0.500. The van der Waals surface area contributed by atoms with Gasteiger partial charge in [-0.05, 0) is 25.0 Å². The Morgan fingerprint density at radius 2 is 2.00 bits per heavy atom. The minimum atomic E-state index is -0.677. The largest absolute Gasteiger partial charge is 0.396 e. The number of rotatable bonds is 3. The van der Waals surface area contributed by atoms with Crippen LogP contribution < -0.4 is 5.32 Å². The van der Waals surface area contributed by atoms with Crippen LogP contribution in [-0.2, 0) is 0 Å². The van der Waals surface area contributed by atoms with Crippen molar-refractivity contribution in [1.82, 2.24) is 5.32 Å². The van der Waals surface area contributed by atoms with Gasteiger partial charge in [0.15, 0.2) is 0 Å². The first-order chi connectivity index (χ1) is 9.52. The van der Waals surface area contributed by atoms with Gasteiger partial charge in [-0.2, -0.15) is 0 Å². The van der Waals surface area contributed by atoms with Crippen molar-refractivity contribution in [2.45, 2.75) is 31.7 Å². The molecule has 0 radical (unpaired) electrons. The van der Waals surface area contributed by atoms with E-state index in [9.17, 15) is 14.3 Å². The highest BCUT2D eigenvalue weighted by Crippen LogP contribution is 2.27. The van der Waals surface area contributed by atoms with Gasteiger partial charge in [0.05, 0.1) is 15.6 Å². The maximum absolute atomic E-state index is 13.4. The topological polar surface area (TPSA) is 49.3 Å². The number of benzene rings is 1. The Labute approximate surface area is 127 Å². The minimum Gasteiger partial charge on any atom is -0.396 e. The quantitative estimate of drug-likeness (QED) is 0.839. The molecule has 2 unspecified atom stereocenters. The molecule has 0 saturated heterocycles. The van der Waals surface area contributed by atoms with Crippen molar-refractivity contribution in [3.63, 3.8) is 0 Å². The first kappa shape index (κ1) is 15.5. The van der Waals surface area contributed by atoms with Crippen LogP contribution in [0, 0.1) is 11.7 Å². The van der Waals surface area contributed by atoms with Crippen LogP contribution in [0.1, 0.15) is 36.0 Å². The van der Waals surface area contributed by atoms with Crippen molar-refractivity contribution in [1.29, 1.82) is 0 Å². The van der Waals surface area contributed by atoms with E-state index in [0.717, 1.165) is 31.7 Å². The van der Waals surface area contributed by atoms with Crippen LogP contribution in [0.3, 0.4) is 0 Å². The molecule has 1 aliphatic rings. The highest BCUT2D eigenvalue weighted by atomic mass is 35.5. The molecule has 1 aliphatic carbocycles. The van der Waals surface area contributed by atoms with Gasteiger partial charge in [-0.3, -0.25) is 4.79 Å². The Kier molecular flexibility index (Phi) is 5.24. The summed E-state index contributed by atoms with van der Waals surface area (Å²) in [5, 5.41) is 12.2. The summed E-state index contributed by atoms with van der Waals surface area (Å²) in [6.07, 6.45) is 3.74. The van der Waals surface area contributed by atoms with Gasteiger partial charge in [0.1, 0.15) is 5.82 Å². The molecule has 20 heavy (non-hydrogen) atoms. The minimum absolute atomic E-state index is 0.0354. The third kappa shape index (κ3) is 3.43. The molecule has 0 heterocycles. The Balaban J connectivity index is 2.13. The van der Waals surface area contributed by atoms with E-state index in [1.54, 1.807) is 0 Å². The molecule has 0 aliphatic heterocycles. The number of carbonyl (C=O) groups is 1. The fourth-order valence-electron chi connectivity index (χ4n) is 2.56. The molecule has 1 aromatic rings. The van der Waals surface area contributed by atoms with Crippen LogP contribution in [-0.4, -0.2) is 23.7 Å². The van der Waals surface area contributed by atoms with Gasteiger partial charge in [-0.1, -0.05) is 36.0 Å². The standard InChI is InChI=1S/C14H16Cl2FNO2/c15-10-6-11(16)12(17)5-9(10)14(20)18-13-4-2-1-3-8(13)7-19/h5-6,8,13,19H,1-4,7H2,(H,18,20). The number of carbonyl (C=O) groups excluding carboxylic acids is 1. The first-order valence-corrected chi connectivity index (χ1v) is 7.34. The van der Waals surface area contributed by atoms with Crippen molar-refractivity contribution in [2.24, 2.45) is 5.92 Å². The second-order valence-corrected chi connectivity index (χ2v) is 5.87. The lowest BCUT2D eigenvalue weighted by atomic mass is 9.85. The summed E-state index contributed by atoms with van der Waals surface area (Å²) < 4.78 is 13.4.